The summed E-state index contributed by atoms with van der Waals surface area (Å²) in [5, 5.41) is 18.5. The number of aromatic nitrogens is 2. The maximum absolute atomic E-state index is 12.8. The number of nitrogens with one attached hydrogen (secondary N) is 1. The number of hydrogen-bond acceptors (Lipinski definition) is 3. The molecule has 1 saturated carbocycles. The predicted octanol–water partition coefficient (Wildman–Crippen LogP) is 3.12. The van der Waals surface area contributed by atoms with Gasteiger partial charge >= 0.3 is 6.03 Å². The standard InChI is InChI=1S/C18H26N4O2/c1-3-10-22(16-6-4-5-7-17(16)23)18(24)20-14-8-9-15-13(11-14)12-19-21(15)2/h8-9,11-12,16-17,23H,3-7,10H2,1-2H3,(H,20,24). The third-order valence-corrected chi connectivity index (χ3v) is 4.82. The molecule has 6 nitrogen and oxygen atoms in total. The lowest BCUT2D eigenvalue weighted by Gasteiger charge is -2.37. The van der Waals surface area contributed by atoms with Gasteiger partial charge in [-0.2, -0.15) is 5.10 Å². The van der Waals surface area contributed by atoms with E-state index >= 15 is 0 Å². The van der Waals surface area contributed by atoms with Gasteiger partial charge in [-0.15, -0.1) is 0 Å². The first-order valence-corrected chi connectivity index (χ1v) is 8.77. The van der Waals surface area contributed by atoms with Gasteiger partial charge in [-0.1, -0.05) is 19.8 Å². The Bertz CT molecular complexity index is 712. The molecule has 0 aliphatic heterocycles. The Morgan fingerprint density at radius 2 is 2.21 bits per heavy atom. The Labute approximate surface area is 142 Å². The molecule has 2 N–H and O–H groups in total. The third kappa shape index (κ3) is 3.38. The second kappa shape index (κ2) is 7.21. The summed E-state index contributed by atoms with van der Waals surface area (Å²) in [5.74, 6) is 0. The molecule has 0 radical (unpaired) electrons. The molecule has 1 aromatic heterocycles. The van der Waals surface area contributed by atoms with Gasteiger partial charge < -0.3 is 15.3 Å². The van der Waals surface area contributed by atoms with Crippen molar-refractivity contribution in [1.82, 2.24) is 14.7 Å². The minimum Gasteiger partial charge on any atom is -0.391 e. The molecule has 0 bridgehead atoms. The molecule has 2 unspecified atom stereocenters. The smallest absolute Gasteiger partial charge is 0.322 e. The highest BCUT2D eigenvalue weighted by Crippen LogP contribution is 2.25. The van der Waals surface area contributed by atoms with Crippen molar-refractivity contribution in [3.63, 3.8) is 0 Å². The number of fused-ring (bicyclic) bond motifs is 1. The average molecular weight is 330 g/mol. The van der Waals surface area contributed by atoms with Crippen molar-refractivity contribution in [2.24, 2.45) is 7.05 Å². The number of urea groups is 1. The van der Waals surface area contributed by atoms with Gasteiger partial charge in [-0.3, -0.25) is 4.68 Å². The van der Waals surface area contributed by atoms with Crippen LogP contribution in [-0.4, -0.2) is 44.5 Å². The van der Waals surface area contributed by atoms with Crippen molar-refractivity contribution in [2.45, 2.75) is 51.2 Å². The van der Waals surface area contributed by atoms with E-state index in [0.29, 0.717) is 6.54 Å². The monoisotopic (exact) mass is 330 g/mol. The highest BCUT2D eigenvalue weighted by atomic mass is 16.3. The van der Waals surface area contributed by atoms with E-state index in [2.05, 4.69) is 17.3 Å². The fourth-order valence-electron chi connectivity index (χ4n) is 3.55. The molecule has 2 amide bonds. The fourth-order valence-corrected chi connectivity index (χ4v) is 3.55. The highest BCUT2D eigenvalue weighted by Gasteiger charge is 2.31. The van der Waals surface area contributed by atoms with Gasteiger partial charge in [0.25, 0.3) is 0 Å². The maximum Gasteiger partial charge on any atom is 0.322 e. The Balaban J connectivity index is 1.76. The highest BCUT2D eigenvalue weighted by molar-refractivity contribution is 5.92. The van der Waals surface area contributed by atoms with Crippen LogP contribution in [0.1, 0.15) is 39.0 Å². The number of benzene rings is 1. The van der Waals surface area contributed by atoms with Crippen LogP contribution in [0, 0.1) is 0 Å². The summed E-state index contributed by atoms with van der Waals surface area (Å²) >= 11 is 0. The lowest BCUT2D eigenvalue weighted by molar-refractivity contribution is 0.0397. The second-order valence-electron chi connectivity index (χ2n) is 6.58. The van der Waals surface area contributed by atoms with Gasteiger partial charge in [0.05, 0.1) is 23.9 Å². The number of anilines is 1. The van der Waals surface area contributed by atoms with Crippen LogP contribution in [0.25, 0.3) is 10.9 Å². The van der Waals surface area contributed by atoms with Gasteiger partial charge in [0, 0.05) is 24.7 Å². The number of aryl methyl sites for hydroxylation is 1. The van der Waals surface area contributed by atoms with Crippen molar-refractivity contribution in [2.75, 3.05) is 11.9 Å². The summed E-state index contributed by atoms with van der Waals surface area (Å²) in [5.41, 5.74) is 1.79. The number of rotatable bonds is 4. The summed E-state index contributed by atoms with van der Waals surface area (Å²) in [6.45, 7) is 2.71. The van der Waals surface area contributed by atoms with Crippen LogP contribution in [0.3, 0.4) is 0 Å². The number of amides is 2. The predicted molar refractivity (Wildman–Crippen MR) is 95.0 cm³/mol. The molecule has 3 rings (SSSR count). The van der Waals surface area contributed by atoms with Gasteiger partial charge in [0.1, 0.15) is 0 Å². The van der Waals surface area contributed by atoms with Gasteiger partial charge in [-0.25, -0.2) is 4.79 Å². The van der Waals surface area contributed by atoms with E-state index < -0.39 is 6.10 Å². The van der Waals surface area contributed by atoms with Gasteiger partial charge in [0.15, 0.2) is 0 Å². The van der Waals surface area contributed by atoms with Crippen LogP contribution in [0.4, 0.5) is 10.5 Å². The number of hydrogen-bond donors (Lipinski definition) is 2. The van der Waals surface area contributed by atoms with E-state index in [-0.39, 0.29) is 12.1 Å². The minimum absolute atomic E-state index is 0.0826. The lowest BCUT2D eigenvalue weighted by atomic mass is 9.91. The van der Waals surface area contributed by atoms with Crippen molar-refractivity contribution in [3.05, 3.63) is 24.4 Å². The molecular weight excluding hydrogens is 304 g/mol. The summed E-state index contributed by atoms with van der Waals surface area (Å²) < 4.78 is 1.81. The fraction of sp³-hybridized carbons (Fsp3) is 0.556. The Morgan fingerprint density at radius 3 is 2.96 bits per heavy atom. The molecule has 1 aromatic carbocycles. The molecule has 2 atom stereocenters. The zero-order valence-electron chi connectivity index (χ0n) is 14.4. The quantitative estimate of drug-likeness (QED) is 0.905. The average Bonchev–Trinajstić information content (AvgIpc) is 2.94. The molecule has 2 aromatic rings. The van der Waals surface area contributed by atoms with Crippen LogP contribution in [0.15, 0.2) is 24.4 Å². The number of aliphatic hydroxyl groups excluding tert-OH is 1. The van der Waals surface area contributed by atoms with E-state index in [1.165, 1.54) is 0 Å². The molecule has 1 aliphatic carbocycles. The summed E-state index contributed by atoms with van der Waals surface area (Å²) in [4.78, 5) is 14.6. The first kappa shape index (κ1) is 16.8. The lowest BCUT2D eigenvalue weighted by Crippen LogP contribution is -2.50. The van der Waals surface area contributed by atoms with Crippen LogP contribution < -0.4 is 5.32 Å². The normalized spacial score (nSPS) is 21.0. The first-order chi connectivity index (χ1) is 11.6. The molecular formula is C18H26N4O2. The maximum atomic E-state index is 12.8. The minimum atomic E-state index is -0.420. The van der Waals surface area contributed by atoms with E-state index in [9.17, 15) is 9.90 Å². The Morgan fingerprint density at radius 1 is 1.42 bits per heavy atom. The van der Waals surface area contributed by atoms with Crippen LogP contribution >= 0.6 is 0 Å². The molecule has 1 fully saturated rings. The zero-order valence-corrected chi connectivity index (χ0v) is 14.4. The SMILES string of the molecule is CCCN(C(=O)Nc1ccc2c(cnn2C)c1)C1CCCCC1O. The van der Waals surface area contributed by atoms with E-state index in [1.54, 1.807) is 11.1 Å². The third-order valence-electron chi connectivity index (χ3n) is 4.82. The van der Waals surface area contributed by atoms with Crippen molar-refractivity contribution < 1.29 is 9.90 Å². The van der Waals surface area contributed by atoms with Crippen LogP contribution in [0.2, 0.25) is 0 Å². The molecule has 0 saturated heterocycles. The molecule has 24 heavy (non-hydrogen) atoms. The molecule has 1 heterocycles. The van der Waals surface area contributed by atoms with Gasteiger partial charge in [0.2, 0.25) is 0 Å². The van der Waals surface area contributed by atoms with Crippen LogP contribution in [-0.2, 0) is 7.05 Å². The van der Waals surface area contributed by atoms with E-state index in [0.717, 1.165) is 48.7 Å². The van der Waals surface area contributed by atoms with Crippen molar-refractivity contribution in [1.29, 1.82) is 0 Å². The van der Waals surface area contributed by atoms with E-state index in [4.69, 9.17) is 0 Å². The summed E-state index contributed by atoms with van der Waals surface area (Å²) in [6, 6.07) is 5.56. The van der Waals surface area contributed by atoms with Gasteiger partial charge in [-0.05, 0) is 37.5 Å². The molecule has 0 spiro atoms. The van der Waals surface area contributed by atoms with E-state index in [1.807, 2.05) is 29.9 Å². The zero-order chi connectivity index (χ0) is 17.1. The summed E-state index contributed by atoms with van der Waals surface area (Å²) in [6.07, 6.45) is 6.00. The van der Waals surface area contributed by atoms with Crippen molar-refractivity contribution in [3.8, 4) is 0 Å². The Hall–Kier alpha value is -2.08. The topological polar surface area (TPSA) is 70.4 Å². The Kier molecular flexibility index (Phi) is 5.04. The summed E-state index contributed by atoms with van der Waals surface area (Å²) in [7, 11) is 1.90. The number of nitrogens with zero attached hydrogens (tertiary/aromatic N) is 3. The number of aliphatic hydroxyl groups is 1. The molecule has 6 heteroatoms. The molecule has 130 valence electrons. The second-order valence-corrected chi connectivity index (χ2v) is 6.58. The number of carbonyl (C=O) groups excluding carboxylic acids is 1. The molecule has 1 aliphatic rings. The first-order valence-electron chi connectivity index (χ1n) is 8.77. The largest absolute Gasteiger partial charge is 0.391 e. The number of carbonyl (C=O) groups is 1. The van der Waals surface area contributed by atoms with Crippen LogP contribution in [0.5, 0.6) is 0 Å². The van der Waals surface area contributed by atoms with Crippen molar-refractivity contribution >= 4 is 22.6 Å².